The van der Waals surface area contributed by atoms with E-state index in [-0.39, 0.29) is 29.9 Å². The third-order valence-electron chi connectivity index (χ3n) is 3.00. The van der Waals surface area contributed by atoms with Crippen LogP contribution in [-0.2, 0) is 19.4 Å². The molecule has 8 heteroatoms. The Morgan fingerprint density at radius 2 is 1.78 bits per heavy atom. The first-order chi connectivity index (χ1) is 10.7. The Bertz CT molecular complexity index is 657. The average molecular weight is 361 g/mol. The number of halogens is 1. The van der Waals surface area contributed by atoms with Crippen LogP contribution in [0.3, 0.4) is 0 Å². The van der Waals surface area contributed by atoms with E-state index in [1.54, 1.807) is 20.8 Å². The number of carbonyl (C=O) groups excluding carboxylic acids is 2. The van der Waals surface area contributed by atoms with Gasteiger partial charge in [-0.25, -0.2) is 8.42 Å². The lowest BCUT2D eigenvalue weighted by molar-refractivity contribution is -0.134. The third-order valence-corrected chi connectivity index (χ3v) is 4.87. The second kappa shape index (κ2) is 8.31. The summed E-state index contributed by atoms with van der Waals surface area (Å²) in [7, 11) is -3.77. The zero-order valence-electron chi connectivity index (χ0n) is 13.4. The van der Waals surface area contributed by atoms with Crippen molar-refractivity contribution < 1.29 is 18.0 Å². The van der Waals surface area contributed by atoms with Gasteiger partial charge in [0, 0.05) is 17.6 Å². The molecule has 0 radical (unpaired) electrons. The van der Waals surface area contributed by atoms with E-state index >= 15 is 0 Å². The Hall–Kier alpha value is -1.60. The molecule has 0 atom stereocenters. The maximum Gasteiger partial charge on any atom is 0.239 e. The van der Waals surface area contributed by atoms with Crippen LogP contribution in [0.1, 0.15) is 20.8 Å². The Morgan fingerprint density at radius 1 is 1.22 bits per heavy atom. The summed E-state index contributed by atoms with van der Waals surface area (Å²) >= 11 is 5.72. The van der Waals surface area contributed by atoms with Crippen molar-refractivity contribution >= 4 is 33.3 Å². The lowest BCUT2D eigenvalue weighted by atomic mass is 10.3. The number of nitrogens with one attached hydrogen (secondary N) is 1. The molecule has 128 valence electrons. The number of sulfone groups is 1. The van der Waals surface area contributed by atoms with Crippen LogP contribution in [0.25, 0.3) is 0 Å². The molecular weight excluding hydrogens is 340 g/mol. The minimum atomic E-state index is -3.77. The lowest BCUT2D eigenvalue weighted by Crippen LogP contribution is -2.44. The highest BCUT2D eigenvalue weighted by Crippen LogP contribution is 2.15. The van der Waals surface area contributed by atoms with E-state index in [9.17, 15) is 18.0 Å². The van der Waals surface area contributed by atoms with Crippen LogP contribution in [0.15, 0.2) is 29.2 Å². The summed E-state index contributed by atoms with van der Waals surface area (Å²) in [5.41, 5.74) is 0. The highest BCUT2D eigenvalue weighted by molar-refractivity contribution is 7.92. The maximum atomic E-state index is 12.2. The standard InChI is InChI=1S/C15H21ClN2O4S/c1-4-18(9-14(19)17-11(2)3)15(20)10-23(21,22)13-7-5-12(16)6-8-13/h5-8,11H,4,9-10H2,1-3H3,(H,17,19). The fourth-order valence-corrected chi connectivity index (χ4v) is 3.25. The first-order valence-corrected chi connectivity index (χ1v) is 9.24. The van der Waals surface area contributed by atoms with E-state index < -0.39 is 21.5 Å². The zero-order valence-corrected chi connectivity index (χ0v) is 14.9. The second-order valence-electron chi connectivity index (χ2n) is 5.34. The van der Waals surface area contributed by atoms with E-state index in [0.29, 0.717) is 5.02 Å². The predicted octanol–water partition coefficient (Wildman–Crippen LogP) is 1.49. The molecule has 0 bridgehead atoms. The summed E-state index contributed by atoms with van der Waals surface area (Å²) in [6.07, 6.45) is 0. The molecule has 0 fully saturated rings. The van der Waals surface area contributed by atoms with Gasteiger partial charge in [0.1, 0.15) is 5.75 Å². The normalized spacial score (nSPS) is 11.3. The van der Waals surface area contributed by atoms with Gasteiger partial charge in [0.05, 0.1) is 11.4 Å². The summed E-state index contributed by atoms with van der Waals surface area (Å²) < 4.78 is 24.5. The van der Waals surface area contributed by atoms with Crippen molar-refractivity contribution in [3.63, 3.8) is 0 Å². The van der Waals surface area contributed by atoms with Crippen LogP contribution < -0.4 is 5.32 Å². The van der Waals surface area contributed by atoms with Crippen LogP contribution in [0.4, 0.5) is 0 Å². The van der Waals surface area contributed by atoms with Gasteiger partial charge in [0.15, 0.2) is 9.84 Å². The van der Waals surface area contributed by atoms with Crippen molar-refractivity contribution in [2.45, 2.75) is 31.7 Å². The molecule has 0 unspecified atom stereocenters. The molecule has 6 nitrogen and oxygen atoms in total. The minimum Gasteiger partial charge on any atom is -0.352 e. The summed E-state index contributed by atoms with van der Waals surface area (Å²) in [6, 6.07) is 5.56. The fraction of sp³-hybridized carbons (Fsp3) is 0.467. The van der Waals surface area contributed by atoms with Crippen molar-refractivity contribution in [1.82, 2.24) is 10.2 Å². The number of nitrogens with zero attached hydrogens (tertiary/aromatic N) is 1. The van der Waals surface area contributed by atoms with Gasteiger partial charge in [-0.1, -0.05) is 11.6 Å². The zero-order chi connectivity index (χ0) is 17.6. The summed E-state index contributed by atoms with van der Waals surface area (Å²) in [4.78, 5) is 25.2. The molecule has 0 saturated carbocycles. The van der Waals surface area contributed by atoms with Gasteiger partial charge < -0.3 is 10.2 Å². The second-order valence-corrected chi connectivity index (χ2v) is 7.77. The van der Waals surface area contributed by atoms with Gasteiger partial charge in [-0.15, -0.1) is 0 Å². The van der Waals surface area contributed by atoms with E-state index in [1.807, 2.05) is 0 Å². The molecule has 0 aliphatic heterocycles. The first-order valence-electron chi connectivity index (χ1n) is 7.21. The average Bonchev–Trinajstić information content (AvgIpc) is 2.43. The fourth-order valence-electron chi connectivity index (χ4n) is 1.90. The molecule has 0 heterocycles. The van der Waals surface area contributed by atoms with Gasteiger partial charge >= 0.3 is 0 Å². The van der Waals surface area contributed by atoms with E-state index in [0.717, 1.165) is 0 Å². The van der Waals surface area contributed by atoms with Crippen LogP contribution in [0, 0.1) is 0 Å². The van der Waals surface area contributed by atoms with E-state index in [2.05, 4.69) is 5.32 Å². The molecule has 0 spiro atoms. The molecule has 1 N–H and O–H groups in total. The quantitative estimate of drug-likeness (QED) is 0.798. The van der Waals surface area contributed by atoms with Gasteiger partial charge in [-0.3, -0.25) is 9.59 Å². The molecular formula is C15H21ClN2O4S. The van der Waals surface area contributed by atoms with Crippen molar-refractivity contribution in [2.24, 2.45) is 0 Å². The van der Waals surface area contributed by atoms with E-state index in [4.69, 9.17) is 11.6 Å². The van der Waals surface area contributed by atoms with Crippen LogP contribution in [0.2, 0.25) is 5.02 Å². The molecule has 1 aromatic carbocycles. The molecule has 0 aliphatic carbocycles. The predicted molar refractivity (Wildman–Crippen MR) is 89.0 cm³/mol. The number of hydrogen-bond acceptors (Lipinski definition) is 4. The number of hydrogen-bond donors (Lipinski definition) is 1. The van der Waals surface area contributed by atoms with Crippen molar-refractivity contribution in [2.75, 3.05) is 18.8 Å². The number of benzene rings is 1. The number of rotatable bonds is 7. The summed E-state index contributed by atoms with van der Waals surface area (Å²) in [5, 5.41) is 3.08. The largest absolute Gasteiger partial charge is 0.352 e. The Morgan fingerprint density at radius 3 is 2.26 bits per heavy atom. The Balaban J connectivity index is 2.78. The maximum absolute atomic E-state index is 12.2. The molecule has 1 aromatic rings. The molecule has 0 aliphatic rings. The SMILES string of the molecule is CCN(CC(=O)NC(C)C)C(=O)CS(=O)(=O)c1ccc(Cl)cc1. The minimum absolute atomic E-state index is 0.0259. The van der Waals surface area contributed by atoms with Gasteiger partial charge in [-0.05, 0) is 45.0 Å². The Kier molecular flexibility index (Phi) is 7.02. The molecule has 0 aromatic heterocycles. The van der Waals surface area contributed by atoms with Crippen molar-refractivity contribution in [1.29, 1.82) is 0 Å². The van der Waals surface area contributed by atoms with Crippen LogP contribution >= 0.6 is 11.6 Å². The summed E-state index contributed by atoms with van der Waals surface area (Å²) in [6.45, 7) is 5.39. The molecule has 1 rings (SSSR count). The lowest BCUT2D eigenvalue weighted by Gasteiger charge is -2.21. The highest BCUT2D eigenvalue weighted by Gasteiger charge is 2.24. The van der Waals surface area contributed by atoms with Crippen LogP contribution in [0.5, 0.6) is 0 Å². The van der Waals surface area contributed by atoms with Crippen molar-refractivity contribution in [3.05, 3.63) is 29.3 Å². The smallest absolute Gasteiger partial charge is 0.239 e. The highest BCUT2D eigenvalue weighted by atomic mass is 35.5. The first kappa shape index (κ1) is 19.4. The van der Waals surface area contributed by atoms with E-state index in [1.165, 1.54) is 29.2 Å². The number of likely N-dealkylation sites (N-methyl/N-ethyl adjacent to an activating group) is 1. The summed E-state index contributed by atoms with van der Waals surface area (Å²) in [5.74, 6) is -1.61. The number of amides is 2. The van der Waals surface area contributed by atoms with Gasteiger partial charge in [-0.2, -0.15) is 0 Å². The van der Waals surface area contributed by atoms with Gasteiger partial charge in [0.25, 0.3) is 0 Å². The molecule has 2 amide bonds. The third kappa shape index (κ3) is 6.19. The Labute approximate surface area is 141 Å². The molecule has 23 heavy (non-hydrogen) atoms. The van der Waals surface area contributed by atoms with Gasteiger partial charge in [0.2, 0.25) is 11.8 Å². The molecule has 0 saturated heterocycles. The number of carbonyl (C=O) groups is 2. The van der Waals surface area contributed by atoms with Crippen LogP contribution in [-0.4, -0.2) is 50.0 Å². The van der Waals surface area contributed by atoms with Crippen molar-refractivity contribution in [3.8, 4) is 0 Å². The topological polar surface area (TPSA) is 83.6 Å². The monoisotopic (exact) mass is 360 g/mol.